The van der Waals surface area contributed by atoms with Crippen LogP contribution in [0.3, 0.4) is 0 Å². The molecule has 0 saturated carbocycles. The summed E-state index contributed by atoms with van der Waals surface area (Å²) in [5, 5.41) is 6.55. The molecule has 0 aliphatic carbocycles. The number of rotatable bonds is 9. The monoisotopic (exact) mass is 378 g/mol. The highest BCUT2D eigenvalue weighted by molar-refractivity contribution is 6.00. The molecule has 0 aromatic heterocycles. The normalized spacial score (nSPS) is 15.4. The summed E-state index contributed by atoms with van der Waals surface area (Å²) < 4.78 is 11.6. The van der Waals surface area contributed by atoms with Gasteiger partial charge < -0.3 is 20.1 Å². The summed E-state index contributed by atoms with van der Waals surface area (Å²) in [5.74, 6) is 3.73. The van der Waals surface area contributed by atoms with Gasteiger partial charge >= 0.3 is 0 Å². The molecule has 6 nitrogen and oxygen atoms in total. The van der Waals surface area contributed by atoms with Crippen LogP contribution in [0.15, 0.2) is 58.5 Å². The third kappa shape index (κ3) is 4.82. The number of benzene rings is 2. The molecule has 0 radical (unpaired) electrons. The van der Waals surface area contributed by atoms with Crippen LogP contribution < -0.4 is 20.1 Å². The lowest BCUT2D eigenvalue weighted by molar-refractivity contribution is 0.266. The van der Waals surface area contributed by atoms with E-state index in [0.29, 0.717) is 13.2 Å². The molecule has 0 bridgehead atoms. The van der Waals surface area contributed by atoms with E-state index in [2.05, 4.69) is 20.6 Å². The Balaban J connectivity index is 1.12. The van der Waals surface area contributed by atoms with Gasteiger partial charge in [-0.05, 0) is 61.4 Å². The number of amidine groups is 2. The van der Waals surface area contributed by atoms with Crippen LogP contribution in [0.1, 0.15) is 24.0 Å². The highest BCUT2D eigenvalue weighted by Crippen LogP contribution is 2.15. The lowest BCUT2D eigenvalue weighted by Gasteiger charge is -2.09. The van der Waals surface area contributed by atoms with Crippen LogP contribution in [0.4, 0.5) is 0 Å². The van der Waals surface area contributed by atoms with Crippen molar-refractivity contribution < 1.29 is 9.47 Å². The Morgan fingerprint density at radius 2 is 1.07 bits per heavy atom. The van der Waals surface area contributed by atoms with E-state index in [1.165, 1.54) is 0 Å². The van der Waals surface area contributed by atoms with Gasteiger partial charge in [0, 0.05) is 24.2 Å². The van der Waals surface area contributed by atoms with Crippen LogP contribution in [0, 0.1) is 0 Å². The van der Waals surface area contributed by atoms with Crippen LogP contribution in [0.5, 0.6) is 11.5 Å². The number of unbranched alkanes of at least 4 members (excludes halogenated alkanes) is 1. The van der Waals surface area contributed by atoms with E-state index < -0.39 is 0 Å². The molecule has 2 N–H and O–H groups in total. The average Bonchev–Trinajstić information content (AvgIpc) is 3.46. The maximum atomic E-state index is 5.81. The molecular weight excluding hydrogens is 352 g/mol. The molecule has 28 heavy (non-hydrogen) atoms. The van der Waals surface area contributed by atoms with Crippen LogP contribution in [-0.2, 0) is 0 Å². The molecule has 0 unspecified atom stereocenters. The molecule has 0 saturated heterocycles. The first-order chi connectivity index (χ1) is 13.9. The average molecular weight is 378 g/mol. The van der Waals surface area contributed by atoms with Gasteiger partial charge in [0.05, 0.1) is 26.3 Å². The summed E-state index contributed by atoms with van der Waals surface area (Å²) >= 11 is 0. The Hall–Kier alpha value is -3.02. The third-order valence-electron chi connectivity index (χ3n) is 4.68. The summed E-state index contributed by atoms with van der Waals surface area (Å²) in [7, 11) is 0. The van der Waals surface area contributed by atoms with E-state index >= 15 is 0 Å². The van der Waals surface area contributed by atoms with Crippen molar-refractivity contribution in [1.29, 1.82) is 0 Å². The van der Waals surface area contributed by atoms with Gasteiger partial charge in [-0.1, -0.05) is 0 Å². The van der Waals surface area contributed by atoms with E-state index in [1.807, 2.05) is 48.5 Å². The molecular formula is C22H26N4O2. The molecule has 0 atom stereocenters. The lowest BCUT2D eigenvalue weighted by atomic mass is 10.2. The highest BCUT2D eigenvalue weighted by atomic mass is 16.5. The Morgan fingerprint density at radius 1 is 0.643 bits per heavy atom. The first-order valence-corrected chi connectivity index (χ1v) is 9.92. The molecule has 2 aliphatic heterocycles. The maximum absolute atomic E-state index is 5.81. The van der Waals surface area contributed by atoms with Gasteiger partial charge in [-0.3, -0.25) is 9.98 Å². The second-order valence-electron chi connectivity index (χ2n) is 6.77. The van der Waals surface area contributed by atoms with Gasteiger partial charge in [0.25, 0.3) is 0 Å². The van der Waals surface area contributed by atoms with Crippen LogP contribution >= 0.6 is 0 Å². The van der Waals surface area contributed by atoms with Crippen molar-refractivity contribution in [3.8, 4) is 11.5 Å². The summed E-state index contributed by atoms with van der Waals surface area (Å²) in [6, 6.07) is 16.2. The van der Waals surface area contributed by atoms with Gasteiger partial charge in [0.2, 0.25) is 0 Å². The quantitative estimate of drug-likeness (QED) is 0.659. The van der Waals surface area contributed by atoms with E-state index in [4.69, 9.17) is 9.47 Å². The molecule has 2 aromatic carbocycles. The molecule has 2 aromatic rings. The Morgan fingerprint density at radius 3 is 1.43 bits per heavy atom. The van der Waals surface area contributed by atoms with E-state index in [1.54, 1.807) is 0 Å². The van der Waals surface area contributed by atoms with Crippen LogP contribution in [0.2, 0.25) is 0 Å². The Kier molecular flexibility index (Phi) is 6.07. The Bertz CT molecular complexity index is 757. The molecule has 6 heteroatoms. The SMILES string of the molecule is c1cc(C2=NCCN2)ccc1OCCCCOc1ccc(C2=NCCN2)cc1. The zero-order valence-electron chi connectivity index (χ0n) is 16.0. The van der Waals surface area contributed by atoms with Crippen LogP contribution in [-0.4, -0.2) is 51.1 Å². The van der Waals surface area contributed by atoms with Crippen LogP contribution in [0.25, 0.3) is 0 Å². The zero-order chi connectivity index (χ0) is 19.0. The van der Waals surface area contributed by atoms with Gasteiger partial charge in [-0.15, -0.1) is 0 Å². The fourth-order valence-electron chi connectivity index (χ4n) is 3.18. The van der Waals surface area contributed by atoms with E-state index in [0.717, 1.165) is 73.3 Å². The van der Waals surface area contributed by atoms with Crippen molar-refractivity contribution in [3.63, 3.8) is 0 Å². The molecule has 2 heterocycles. The van der Waals surface area contributed by atoms with Crippen molar-refractivity contribution in [2.75, 3.05) is 39.4 Å². The first kappa shape index (κ1) is 18.3. The van der Waals surface area contributed by atoms with Crippen molar-refractivity contribution >= 4 is 11.7 Å². The van der Waals surface area contributed by atoms with Gasteiger partial charge in [-0.2, -0.15) is 0 Å². The summed E-state index contributed by atoms with van der Waals surface area (Å²) in [4.78, 5) is 8.85. The predicted octanol–water partition coefficient (Wildman–Crippen LogP) is 2.62. The highest BCUT2D eigenvalue weighted by Gasteiger charge is 2.08. The third-order valence-corrected chi connectivity index (χ3v) is 4.68. The number of hydrogen-bond acceptors (Lipinski definition) is 6. The summed E-state index contributed by atoms with van der Waals surface area (Å²) in [6.07, 6.45) is 1.91. The minimum Gasteiger partial charge on any atom is -0.494 e. The number of aliphatic imine (C=N–C) groups is 2. The molecule has 0 fully saturated rings. The lowest BCUT2D eigenvalue weighted by Crippen LogP contribution is -2.19. The number of ether oxygens (including phenoxy) is 2. The second kappa shape index (κ2) is 9.26. The zero-order valence-corrected chi connectivity index (χ0v) is 16.0. The number of nitrogens with zero attached hydrogens (tertiary/aromatic N) is 2. The smallest absolute Gasteiger partial charge is 0.128 e. The molecule has 2 aliphatic rings. The maximum Gasteiger partial charge on any atom is 0.128 e. The fraction of sp³-hybridized carbons (Fsp3) is 0.364. The van der Waals surface area contributed by atoms with Crippen molar-refractivity contribution in [2.45, 2.75) is 12.8 Å². The van der Waals surface area contributed by atoms with Gasteiger partial charge in [0.1, 0.15) is 23.2 Å². The van der Waals surface area contributed by atoms with Crippen molar-refractivity contribution in [1.82, 2.24) is 10.6 Å². The number of nitrogens with one attached hydrogen (secondary N) is 2. The topological polar surface area (TPSA) is 67.2 Å². The molecule has 146 valence electrons. The van der Waals surface area contributed by atoms with E-state index in [9.17, 15) is 0 Å². The Labute approximate surface area is 165 Å². The minimum atomic E-state index is 0.687. The predicted molar refractivity (Wildman–Crippen MR) is 112 cm³/mol. The van der Waals surface area contributed by atoms with Gasteiger partial charge in [0.15, 0.2) is 0 Å². The summed E-state index contributed by atoms with van der Waals surface area (Å²) in [6.45, 7) is 4.93. The second-order valence-corrected chi connectivity index (χ2v) is 6.77. The first-order valence-electron chi connectivity index (χ1n) is 9.92. The van der Waals surface area contributed by atoms with E-state index in [-0.39, 0.29) is 0 Å². The van der Waals surface area contributed by atoms with Crippen molar-refractivity contribution in [3.05, 3.63) is 59.7 Å². The molecule has 0 spiro atoms. The fourth-order valence-corrected chi connectivity index (χ4v) is 3.18. The molecule has 0 amide bonds. The largest absolute Gasteiger partial charge is 0.494 e. The number of hydrogen-bond donors (Lipinski definition) is 2. The summed E-state index contributed by atoms with van der Waals surface area (Å²) in [5.41, 5.74) is 2.22. The standard InChI is InChI=1S/C22H26N4O2/c1(15-27-19-7-3-17(4-8-19)21-23-11-12-24-21)2-16-28-20-9-5-18(6-10-20)22-25-13-14-26-22/h3-10H,1-2,11-16H2,(H,23,24)(H,25,26). The van der Waals surface area contributed by atoms with Crippen molar-refractivity contribution in [2.24, 2.45) is 9.98 Å². The molecule has 4 rings (SSSR count). The van der Waals surface area contributed by atoms with Gasteiger partial charge in [-0.25, -0.2) is 0 Å². The minimum absolute atomic E-state index is 0.687.